The molecule has 1 aromatic heterocycles. The third-order valence-electron chi connectivity index (χ3n) is 4.70. The number of aromatic amines is 1. The van der Waals surface area contributed by atoms with Crippen molar-refractivity contribution >= 4 is 5.91 Å². The Hall–Kier alpha value is -1.36. The minimum absolute atomic E-state index is 0.0511. The summed E-state index contributed by atoms with van der Waals surface area (Å²) in [6.07, 6.45) is 7.43. The number of H-pyrrole nitrogens is 1. The highest BCUT2D eigenvalue weighted by Crippen LogP contribution is 2.38. The summed E-state index contributed by atoms with van der Waals surface area (Å²) in [5.41, 5.74) is 1.64. The van der Waals surface area contributed by atoms with Gasteiger partial charge in [0.25, 0.3) is 5.91 Å². The zero-order valence-electron chi connectivity index (χ0n) is 12.9. The molecule has 2 fully saturated rings. The van der Waals surface area contributed by atoms with Crippen molar-refractivity contribution in [3.05, 3.63) is 17.5 Å². The topological polar surface area (TPSA) is 61.0 Å². The lowest BCUT2D eigenvalue weighted by Crippen LogP contribution is -2.39. The van der Waals surface area contributed by atoms with Crippen molar-refractivity contribution in [2.24, 2.45) is 0 Å². The maximum atomic E-state index is 12.0. The summed E-state index contributed by atoms with van der Waals surface area (Å²) in [5.74, 6) is 0.560. The number of carbonyl (C=O) groups excluding carboxylic acids is 1. The molecule has 2 aliphatic rings. The normalized spacial score (nSPS) is 23.2. The van der Waals surface area contributed by atoms with Crippen molar-refractivity contribution in [1.82, 2.24) is 20.4 Å². The van der Waals surface area contributed by atoms with Crippen molar-refractivity contribution in [3.8, 4) is 0 Å². The number of rotatable bonds is 6. The second-order valence-corrected chi connectivity index (χ2v) is 6.47. The summed E-state index contributed by atoms with van der Waals surface area (Å²) in [6, 6.07) is 2.60. The molecule has 1 aliphatic carbocycles. The lowest BCUT2D eigenvalue weighted by molar-refractivity contribution is 0.0944. The molecule has 2 N–H and O–H groups in total. The summed E-state index contributed by atoms with van der Waals surface area (Å²) in [4.78, 5) is 14.5. The van der Waals surface area contributed by atoms with Crippen LogP contribution in [0.2, 0.25) is 0 Å². The number of nitrogens with one attached hydrogen (secondary N) is 2. The van der Waals surface area contributed by atoms with Gasteiger partial charge in [0, 0.05) is 30.7 Å². The highest BCUT2D eigenvalue weighted by molar-refractivity contribution is 5.92. The molecule has 1 saturated carbocycles. The number of amides is 1. The predicted octanol–water partition coefficient (Wildman–Crippen LogP) is 2.28. The molecule has 1 aromatic rings. The van der Waals surface area contributed by atoms with Gasteiger partial charge in [0.15, 0.2) is 0 Å². The van der Waals surface area contributed by atoms with Crippen molar-refractivity contribution in [2.75, 3.05) is 19.6 Å². The fourth-order valence-electron chi connectivity index (χ4n) is 3.12. The molecule has 0 aromatic carbocycles. The van der Waals surface area contributed by atoms with E-state index in [-0.39, 0.29) is 5.91 Å². The van der Waals surface area contributed by atoms with Gasteiger partial charge in [-0.25, -0.2) is 0 Å². The monoisotopic (exact) mass is 290 g/mol. The van der Waals surface area contributed by atoms with Gasteiger partial charge in [0.05, 0.1) is 0 Å². The Bertz CT molecular complexity index is 480. The molecule has 1 amide bonds. The summed E-state index contributed by atoms with van der Waals surface area (Å²) >= 11 is 0. The molecule has 1 saturated heterocycles. The lowest BCUT2D eigenvalue weighted by Gasteiger charge is -2.33. The molecular formula is C16H26N4O. The quantitative estimate of drug-likeness (QED) is 0.790. The van der Waals surface area contributed by atoms with Crippen LogP contribution in [-0.4, -0.2) is 46.7 Å². The van der Waals surface area contributed by atoms with E-state index >= 15 is 0 Å². The molecular weight excluding hydrogens is 264 g/mol. The third kappa shape index (κ3) is 3.84. The van der Waals surface area contributed by atoms with Crippen LogP contribution in [0, 0.1) is 0 Å². The van der Waals surface area contributed by atoms with Crippen LogP contribution in [0.25, 0.3) is 0 Å². The minimum Gasteiger partial charge on any atom is -0.351 e. The molecule has 0 unspecified atom stereocenters. The molecule has 2 heterocycles. The molecule has 0 spiro atoms. The number of likely N-dealkylation sites (tertiary alicyclic amines) is 1. The summed E-state index contributed by atoms with van der Waals surface area (Å²) in [5, 5.41) is 10.1. The van der Waals surface area contributed by atoms with Crippen molar-refractivity contribution < 1.29 is 4.79 Å². The van der Waals surface area contributed by atoms with E-state index in [9.17, 15) is 4.79 Å². The van der Waals surface area contributed by atoms with E-state index in [1.54, 1.807) is 0 Å². The van der Waals surface area contributed by atoms with Gasteiger partial charge in [-0.05, 0) is 51.6 Å². The zero-order valence-corrected chi connectivity index (χ0v) is 12.9. The molecule has 21 heavy (non-hydrogen) atoms. The van der Waals surface area contributed by atoms with Gasteiger partial charge in [-0.15, -0.1) is 0 Å². The molecule has 5 nitrogen and oxygen atoms in total. The van der Waals surface area contributed by atoms with Crippen LogP contribution in [0.5, 0.6) is 0 Å². The fourth-order valence-corrected chi connectivity index (χ4v) is 3.12. The summed E-state index contributed by atoms with van der Waals surface area (Å²) < 4.78 is 0. The van der Waals surface area contributed by atoms with E-state index in [2.05, 4.69) is 27.3 Å². The van der Waals surface area contributed by atoms with Crippen LogP contribution in [0.15, 0.2) is 6.07 Å². The molecule has 3 rings (SSSR count). The van der Waals surface area contributed by atoms with Crippen LogP contribution in [0.1, 0.15) is 67.5 Å². The Kier molecular flexibility index (Phi) is 4.58. The van der Waals surface area contributed by atoms with Crippen LogP contribution in [-0.2, 0) is 0 Å². The Morgan fingerprint density at radius 2 is 2.29 bits per heavy atom. The average molecular weight is 290 g/mol. The average Bonchev–Trinajstić information content (AvgIpc) is 3.22. The van der Waals surface area contributed by atoms with Gasteiger partial charge in [0.1, 0.15) is 5.69 Å². The summed E-state index contributed by atoms with van der Waals surface area (Å²) in [6.45, 7) is 5.32. The Morgan fingerprint density at radius 1 is 1.43 bits per heavy atom. The highest BCUT2D eigenvalue weighted by Gasteiger charge is 2.26. The standard InChI is InChI=1S/C16H26N4O/c1-12-5-2-3-9-20(12)10-4-8-17-16(21)15-11-14(18-19-15)13-6-7-13/h11-13H,2-10H2,1H3,(H,17,21)(H,18,19)/t12-/m1/s1. The van der Waals surface area contributed by atoms with E-state index in [1.807, 2.05) is 6.07 Å². The van der Waals surface area contributed by atoms with Gasteiger partial charge >= 0.3 is 0 Å². The Labute approximate surface area is 126 Å². The number of nitrogens with zero attached hydrogens (tertiary/aromatic N) is 2. The van der Waals surface area contributed by atoms with E-state index in [1.165, 1.54) is 38.6 Å². The molecule has 1 aliphatic heterocycles. The first-order valence-electron chi connectivity index (χ1n) is 8.31. The van der Waals surface area contributed by atoms with Crippen molar-refractivity contribution in [2.45, 2.75) is 57.4 Å². The maximum absolute atomic E-state index is 12.0. The molecule has 116 valence electrons. The second kappa shape index (κ2) is 6.60. The first-order valence-corrected chi connectivity index (χ1v) is 8.31. The third-order valence-corrected chi connectivity index (χ3v) is 4.70. The van der Waals surface area contributed by atoms with E-state index in [0.29, 0.717) is 17.7 Å². The van der Waals surface area contributed by atoms with E-state index in [0.717, 1.165) is 25.2 Å². The zero-order chi connectivity index (χ0) is 14.7. The van der Waals surface area contributed by atoms with Gasteiger partial charge < -0.3 is 10.2 Å². The number of hydrogen-bond donors (Lipinski definition) is 2. The Balaban J connectivity index is 1.37. The van der Waals surface area contributed by atoms with Crippen LogP contribution in [0.4, 0.5) is 0 Å². The number of hydrogen-bond acceptors (Lipinski definition) is 3. The summed E-state index contributed by atoms with van der Waals surface area (Å²) in [7, 11) is 0. The number of aromatic nitrogens is 2. The first-order chi connectivity index (χ1) is 10.2. The SMILES string of the molecule is C[C@@H]1CCCCN1CCCNC(=O)c1cc(C2CC2)[nH]n1. The second-order valence-electron chi connectivity index (χ2n) is 6.47. The number of piperidine rings is 1. The van der Waals surface area contributed by atoms with Gasteiger partial charge in [-0.2, -0.15) is 5.10 Å². The van der Waals surface area contributed by atoms with Crippen LogP contribution in [0.3, 0.4) is 0 Å². The predicted molar refractivity (Wildman–Crippen MR) is 82.4 cm³/mol. The van der Waals surface area contributed by atoms with E-state index in [4.69, 9.17) is 0 Å². The highest BCUT2D eigenvalue weighted by atomic mass is 16.1. The van der Waals surface area contributed by atoms with E-state index < -0.39 is 0 Å². The maximum Gasteiger partial charge on any atom is 0.271 e. The largest absolute Gasteiger partial charge is 0.351 e. The van der Waals surface area contributed by atoms with Gasteiger partial charge in [-0.3, -0.25) is 9.89 Å². The molecule has 0 bridgehead atoms. The van der Waals surface area contributed by atoms with Crippen LogP contribution >= 0.6 is 0 Å². The van der Waals surface area contributed by atoms with Gasteiger partial charge in [0.2, 0.25) is 0 Å². The first kappa shape index (κ1) is 14.6. The van der Waals surface area contributed by atoms with Gasteiger partial charge in [-0.1, -0.05) is 6.42 Å². The fraction of sp³-hybridized carbons (Fsp3) is 0.750. The van der Waals surface area contributed by atoms with Crippen molar-refractivity contribution in [1.29, 1.82) is 0 Å². The smallest absolute Gasteiger partial charge is 0.271 e. The Morgan fingerprint density at radius 3 is 3.05 bits per heavy atom. The number of carbonyl (C=O) groups is 1. The van der Waals surface area contributed by atoms with Crippen LogP contribution < -0.4 is 5.32 Å². The molecule has 1 atom stereocenters. The molecule has 5 heteroatoms. The minimum atomic E-state index is -0.0511. The lowest BCUT2D eigenvalue weighted by atomic mass is 10.0. The van der Waals surface area contributed by atoms with Crippen molar-refractivity contribution in [3.63, 3.8) is 0 Å². The molecule has 0 radical (unpaired) electrons.